The minimum atomic E-state index is 0.250. The maximum atomic E-state index is 13.4. The van der Waals surface area contributed by atoms with Crippen LogP contribution in [0.1, 0.15) is 78.6 Å². The number of carbonyl (C=O) groups excluding carboxylic acids is 1. The molecule has 0 radical (unpaired) electrons. The molecule has 2 heterocycles. The summed E-state index contributed by atoms with van der Waals surface area (Å²) in [7, 11) is 0. The van der Waals surface area contributed by atoms with E-state index in [9.17, 15) is 4.79 Å². The maximum Gasteiger partial charge on any atom is 0.236 e. The van der Waals surface area contributed by atoms with Crippen molar-refractivity contribution in [2.75, 3.05) is 33.0 Å². The molecule has 1 fully saturated rings. The average Bonchev–Trinajstić information content (AvgIpc) is 3.54. The molecular weight excluding hydrogens is 436 g/mol. The second-order valence-corrected chi connectivity index (χ2v) is 9.98. The predicted octanol–water partition coefficient (Wildman–Crippen LogP) is 6.51. The van der Waals surface area contributed by atoms with Crippen LogP contribution >= 0.6 is 0 Å². The Bertz CT molecular complexity index is 815. The first-order chi connectivity index (χ1) is 17.1. The highest BCUT2D eigenvalue weighted by Crippen LogP contribution is 2.34. The number of unbranched alkanes of at least 4 members (excludes halogenated alkanes) is 2. The van der Waals surface area contributed by atoms with Gasteiger partial charge in [0.05, 0.1) is 12.8 Å². The smallest absolute Gasteiger partial charge is 0.236 e. The molecule has 0 spiro atoms. The van der Waals surface area contributed by atoms with Crippen molar-refractivity contribution < 1.29 is 14.3 Å². The van der Waals surface area contributed by atoms with E-state index in [-0.39, 0.29) is 6.79 Å². The van der Waals surface area contributed by atoms with Crippen LogP contribution in [0, 0.1) is 5.92 Å². The van der Waals surface area contributed by atoms with E-state index in [4.69, 9.17) is 9.47 Å². The molecule has 5 heteroatoms. The summed E-state index contributed by atoms with van der Waals surface area (Å²) in [5.41, 5.74) is 2.77. The molecule has 0 aromatic heterocycles. The molecule has 3 rings (SSSR count). The lowest BCUT2D eigenvalue weighted by Gasteiger charge is -2.29. The fourth-order valence-corrected chi connectivity index (χ4v) is 5.14. The minimum absolute atomic E-state index is 0.250. The van der Waals surface area contributed by atoms with Gasteiger partial charge < -0.3 is 14.4 Å². The van der Waals surface area contributed by atoms with Gasteiger partial charge in [0.2, 0.25) is 12.7 Å². The van der Waals surface area contributed by atoms with Gasteiger partial charge in [-0.2, -0.15) is 0 Å². The molecule has 194 valence electrons. The highest BCUT2D eigenvalue weighted by atomic mass is 16.7. The van der Waals surface area contributed by atoms with Crippen LogP contribution in [0.2, 0.25) is 0 Å². The quantitative estimate of drug-likeness (QED) is 0.300. The largest absolute Gasteiger partial charge is 0.465 e. The number of nitrogens with zero attached hydrogens (tertiary/aromatic N) is 2. The van der Waals surface area contributed by atoms with Gasteiger partial charge >= 0.3 is 0 Å². The summed E-state index contributed by atoms with van der Waals surface area (Å²) >= 11 is 0. The molecule has 0 aromatic carbocycles. The van der Waals surface area contributed by atoms with Crippen LogP contribution in [0.15, 0.2) is 59.6 Å². The van der Waals surface area contributed by atoms with Crippen molar-refractivity contribution >= 4 is 5.91 Å². The first-order valence-electron chi connectivity index (χ1n) is 13.8. The van der Waals surface area contributed by atoms with Crippen molar-refractivity contribution in [3.63, 3.8) is 0 Å². The van der Waals surface area contributed by atoms with Gasteiger partial charge in [-0.1, -0.05) is 63.5 Å². The standard InChI is InChI=1S/C30H46N2O3/c1-4-7-18-31(19-8-5-2)30(33)23-32-22-27(21-28(32)15-13-25-11-9-10-12-25)26-14-16-29(6-3)35-24-34-20-17-26/h9-11,14,16-17,20,27-28H,4-8,12-13,15,18-19,21-24H2,1-3H3/b20-17+,26-14+,29-16+/t27-,28?/m1/s1. The Balaban J connectivity index is 1.73. The maximum absolute atomic E-state index is 13.4. The molecule has 0 aromatic rings. The lowest BCUT2D eigenvalue weighted by molar-refractivity contribution is -0.132. The number of carbonyl (C=O) groups is 1. The summed E-state index contributed by atoms with van der Waals surface area (Å²) in [5.74, 6) is 1.62. The summed E-state index contributed by atoms with van der Waals surface area (Å²) in [6.45, 7) is 9.94. The monoisotopic (exact) mass is 482 g/mol. The molecule has 1 amide bonds. The molecule has 0 bridgehead atoms. The van der Waals surface area contributed by atoms with Gasteiger partial charge in [0, 0.05) is 32.1 Å². The molecule has 1 unspecified atom stereocenters. The van der Waals surface area contributed by atoms with Gasteiger partial charge in [-0.25, -0.2) is 0 Å². The third-order valence-electron chi connectivity index (χ3n) is 7.38. The van der Waals surface area contributed by atoms with Gasteiger partial charge in [-0.3, -0.25) is 9.69 Å². The second kappa shape index (κ2) is 15.0. The molecule has 2 aliphatic heterocycles. The van der Waals surface area contributed by atoms with Crippen LogP contribution in [0.4, 0.5) is 0 Å². The highest BCUT2D eigenvalue weighted by molar-refractivity contribution is 5.78. The summed E-state index contributed by atoms with van der Waals surface area (Å²) in [6.07, 6.45) is 24.4. The molecule has 35 heavy (non-hydrogen) atoms. The molecule has 1 aliphatic carbocycles. The van der Waals surface area contributed by atoms with Crippen LogP contribution in [0.3, 0.4) is 0 Å². The van der Waals surface area contributed by atoms with Gasteiger partial charge in [-0.05, 0) is 62.2 Å². The van der Waals surface area contributed by atoms with E-state index in [1.54, 1.807) is 6.26 Å². The van der Waals surface area contributed by atoms with Crippen LogP contribution in [0.5, 0.6) is 0 Å². The van der Waals surface area contributed by atoms with Gasteiger partial charge in [0.25, 0.3) is 0 Å². The van der Waals surface area contributed by atoms with Crippen molar-refractivity contribution in [1.82, 2.24) is 9.80 Å². The fourth-order valence-electron chi connectivity index (χ4n) is 5.14. The Labute approximate surface area is 213 Å². The van der Waals surface area contributed by atoms with Crippen molar-refractivity contribution in [2.24, 2.45) is 5.92 Å². The zero-order valence-corrected chi connectivity index (χ0v) is 22.2. The number of rotatable bonds is 13. The van der Waals surface area contributed by atoms with Crippen LogP contribution in [-0.2, 0) is 14.3 Å². The lowest BCUT2D eigenvalue weighted by atomic mass is 9.93. The first kappa shape index (κ1) is 27.3. The number of allylic oxidation sites excluding steroid dienone is 8. The number of likely N-dealkylation sites (tertiary alicyclic amines) is 1. The van der Waals surface area contributed by atoms with Crippen molar-refractivity contribution in [1.29, 1.82) is 0 Å². The Kier molecular flexibility index (Phi) is 11.7. The molecule has 1 saturated heterocycles. The van der Waals surface area contributed by atoms with E-state index >= 15 is 0 Å². The van der Waals surface area contributed by atoms with Crippen molar-refractivity contribution in [3.05, 3.63) is 59.6 Å². The summed E-state index contributed by atoms with van der Waals surface area (Å²) in [6, 6.07) is 0.415. The average molecular weight is 483 g/mol. The topological polar surface area (TPSA) is 42.0 Å². The lowest BCUT2D eigenvalue weighted by Crippen LogP contribution is -2.43. The zero-order valence-electron chi connectivity index (χ0n) is 22.2. The number of hydrogen-bond acceptors (Lipinski definition) is 4. The Hall–Kier alpha value is -2.27. The Morgan fingerprint density at radius 1 is 1.11 bits per heavy atom. The number of ether oxygens (including phenoxy) is 2. The molecule has 0 saturated carbocycles. The minimum Gasteiger partial charge on any atom is -0.465 e. The van der Waals surface area contributed by atoms with Crippen LogP contribution in [-0.4, -0.2) is 54.7 Å². The van der Waals surface area contributed by atoms with E-state index in [0.29, 0.717) is 24.4 Å². The summed E-state index contributed by atoms with van der Waals surface area (Å²) in [5, 5.41) is 0. The first-order valence-corrected chi connectivity index (χ1v) is 13.8. The van der Waals surface area contributed by atoms with E-state index in [0.717, 1.165) is 83.2 Å². The zero-order chi connectivity index (χ0) is 24.9. The summed E-state index contributed by atoms with van der Waals surface area (Å²) in [4.78, 5) is 18.0. The SMILES string of the molecule is CCCCN(CCCC)C(=O)CN1C[C@H](C2=C/C=C(\CC)OCO\C=C\2)CC1CCC1=CC=CC1. The highest BCUT2D eigenvalue weighted by Gasteiger charge is 2.35. The van der Waals surface area contributed by atoms with Gasteiger partial charge in [0.1, 0.15) is 5.76 Å². The fraction of sp³-hybridized carbons (Fsp3) is 0.633. The Morgan fingerprint density at radius 2 is 1.91 bits per heavy atom. The number of hydrogen-bond donors (Lipinski definition) is 0. The Morgan fingerprint density at radius 3 is 2.60 bits per heavy atom. The van der Waals surface area contributed by atoms with Crippen molar-refractivity contribution in [3.8, 4) is 0 Å². The normalized spacial score (nSPS) is 26.3. The molecule has 2 atom stereocenters. The van der Waals surface area contributed by atoms with E-state index in [1.807, 2.05) is 0 Å². The van der Waals surface area contributed by atoms with Crippen LogP contribution in [0.25, 0.3) is 0 Å². The van der Waals surface area contributed by atoms with E-state index in [2.05, 4.69) is 67.0 Å². The predicted molar refractivity (Wildman–Crippen MR) is 144 cm³/mol. The molecule has 5 nitrogen and oxygen atoms in total. The van der Waals surface area contributed by atoms with Crippen molar-refractivity contribution in [2.45, 2.75) is 84.6 Å². The molecule has 3 aliphatic rings. The third-order valence-corrected chi connectivity index (χ3v) is 7.38. The molecule has 0 N–H and O–H groups in total. The second-order valence-electron chi connectivity index (χ2n) is 9.98. The van der Waals surface area contributed by atoms with E-state index < -0.39 is 0 Å². The number of amides is 1. The van der Waals surface area contributed by atoms with E-state index in [1.165, 1.54) is 11.1 Å². The van der Waals surface area contributed by atoms with Crippen LogP contribution < -0.4 is 0 Å². The third kappa shape index (κ3) is 8.71. The van der Waals surface area contributed by atoms with Gasteiger partial charge in [0.15, 0.2) is 0 Å². The molecular formula is C30H46N2O3. The van der Waals surface area contributed by atoms with Gasteiger partial charge in [-0.15, -0.1) is 0 Å². The summed E-state index contributed by atoms with van der Waals surface area (Å²) < 4.78 is 11.2.